The smallest absolute Gasteiger partial charge is 0.420 e. The van der Waals surface area contributed by atoms with E-state index in [2.05, 4.69) is 18.8 Å². The van der Waals surface area contributed by atoms with Gasteiger partial charge in [-0.3, -0.25) is 0 Å². The van der Waals surface area contributed by atoms with E-state index in [1.54, 1.807) is 22.9 Å². The highest BCUT2D eigenvalue weighted by Crippen LogP contribution is 2.46. The molecule has 1 aliphatic heterocycles. The molecule has 25 heavy (non-hydrogen) atoms. The number of halogens is 1. The molecule has 1 amide bonds. The van der Waals surface area contributed by atoms with Gasteiger partial charge in [-0.2, -0.15) is 0 Å². The Morgan fingerprint density at radius 1 is 1.16 bits per heavy atom. The number of benzene rings is 1. The summed E-state index contributed by atoms with van der Waals surface area (Å²) in [5.41, 5.74) is 0.828. The molecule has 0 aliphatic carbocycles. The highest BCUT2D eigenvalue weighted by Gasteiger charge is 2.30. The van der Waals surface area contributed by atoms with Crippen LogP contribution in [-0.2, 0) is 4.74 Å². The minimum absolute atomic E-state index is 0. The van der Waals surface area contributed by atoms with Gasteiger partial charge in [0.2, 0.25) is 0 Å². The van der Waals surface area contributed by atoms with E-state index in [9.17, 15) is 4.79 Å². The van der Waals surface area contributed by atoms with Crippen LogP contribution in [0.2, 0.25) is 0 Å². The maximum atomic E-state index is 12.7. The Morgan fingerprint density at radius 2 is 1.88 bits per heavy atom. The number of hydrogen-bond acceptors (Lipinski definition) is 4. The maximum absolute atomic E-state index is 12.7. The van der Waals surface area contributed by atoms with E-state index in [0.29, 0.717) is 12.4 Å². The summed E-state index contributed by atoms with van der Waals surface area (Å²) < 4.78 is 5.55. The molecule has 134 valence electrons. The fraction of sp³-hybridized carbons (Fsp3) is 0.333. The van der Waals surface area contributed by atoms with E-state index >= 15 is 0 Å². The predicted octanol–water partition coefficient (Wildman–Crippen LogP) is -0.250. The van der Waals surface area contributed by atoms with Gasteiger partial charge < -0.3 is 22.0 Å². The largest absolute Gasteiger partial charge is 1.00 e. The summed E-state index contributed by atoms with van der Waals surface area (Å²) in [6, 6.07) is 11.7. The third kappa shape index (κ3) is 4.26. The van der Waals surface area contributed by atoms with Gasteiger partial charge in [-0.15, -0.1) is 0 Å². The van der Waals surface area contributed by atoms with E-state index in [1.807, 2.05) is 36.4 Å². The van der Waals surface area contributed by atoms with Gasteiger partial charge in [-0.1, -0.05) is 23.9 Å². The Labute approximate surface area is 158 Å². The van der Waals surface area contributed by atoms with E-state index in [1.165, 1.54) is 4.90 Å². The number of quaternary nitrogens is 1. The number of carbonyl (C=O) groups is 1. The van der Waals surface area contributed by atoms with Crippen molar-refractivity contribution in [3.63, 3.8) is 0 Å². The van der Waals surface area contributed by atoms with Crippen molar-refractivity contribution in [2.45, 2.75) is 23.6 Å². The molecule has 0 radical (unpaired) electrons. The predicted molar refractivity (Wildman–Crippen MR) is 95.2 cm³/mol. The Kier molecular flexibility index (Phi) is 7.11. The lowest BCUT2D eigenvalue weighted by atomic mass is 10.2. The number of anilines is 2. The number of likely N-dealkylation sites (N-methyl/N-ethyl adjacent to an activating group) is 1. The average molecular weight is 380 g/mol. The van der Waals surface area contributed by atoms with Gasteiger partial charge in [-0.05, 0) is 38.1 Å². The maximum Gasteiger partial charge on any atom is 0.420 e. The number of hydrogen-bond donors (Lipinski definition) is 1. The van der Waals surface area contributed by atoms with Crippen LogP contribution in [0.25, 0.3) is 0 Å². The van der Waals surface area contributed by atoms with Crippen LogP contribution in [0.1, 0.15) is 13.8 Å². The number of aromatic nitrogens is 1. The second-order valence-electron chi connectivity index (χ2n) is 5.55. The van der Waals surface area contributed by atoms with Crippen molar-refractivity contribution in [3.05, 3.63) is 42.6 Å². The summed E-state index contributed by atoms with van der Waals surface area (Å²) in [5.74, 6) is 0.640. The van der Waals surface area contributed by atoms with Gasteiger partial charge in [0, 0.05) is 11.1 Å². The first-order valence-electron chi connectivity index (χ1n) is 8.27. The standard InChI is InChI=1S/C18H21N3O2S.ClH/c1-3-20(4-2)12-13-23-18(22)21-14-8-5-6-9-15(14)24-16-10-7-11-19-17(16)21;/h5-11H,3-4,12-13H2,1-2H3;1H. The summed E-state index contributed by atoms with van der Waals surface area (Å²) in [5, 5.41) is 0. The van der Waals surface area contributed by atoms with Crippen molar-refractivity contribution in [1.29, 1.82) is 0 Å². The number of pyridine rings is 1. The molecule has 1 aromatic carbocycles. The van der Waals surface area contributed by atoms with Gasteiger partial charge in [-0.25, -0.2) is 14.7 Å². The molecule has 5 nitrogen and oxygen atoms in total. The first kappa shape index (κ1) is 19.6. The number of carbonyl (C=O) groups excluding carboxylic acids is 1. The molecule has 7 heteroatoms. The molecule has 0 bridgehead atoms. The molecule has 0 fully saturated rings. The minimum Gasteiger partial charge on any atom is -1.00 e. The summed E-state index contributed by atoms with van der Waals surface area (Å²) in [4.78, 5) is 22.1. The topological polar surface area (TPSA) is 46.9 Å². The highest BCUT2D eigenvalue weighted by molar-refractivity contribution is 7.99. The number of ether oxygens (including phenoxy) is 1. The molecule has 0 unspecified atom stereocenters. The summed E-state index contributed by atoms with van der Waals surface area (Å²) in [7, 11) is 0. The Morgan fingerprint density at radius 3 is 2.64 bits per heavy atom. The SMILES string of the molecule is CC[NH+](CC)CCOC(=O)N1c2ccccc2Sc2cccnc21.[Cl-]. The molecule has 0 saturated carbocycles. The molecule has 0 saturated heterocycles. The third-order valence-electron chi connectivity index (χ3n) is 4.15. The van der Waals surface area contributed by atoms with Crippen LogP contribution in [0.4, 0.5) is 16.3 Å². The quantitative estimate of drug-likeness (QED) is 0.778. The summed E-state index contributed by atoms with van der Waals surface area (Å²) in [6.45, 7) is 7.56. The van der Waals surface area contributed by atoms with Crippen molar-refractivity contribution in [3.8, 4) is 0 Å². The molecule has 0 spiro atoms. The van der Waals surface area contributed by atoms with E-state index < -0.39 is 0 Å². The van der Waals surface area contributed by atoms with E-state index in [-0.39, 0.29) is 18.5 Å². The van der Waals surface area contributed by atoms with Gasteiger partial charge in [0.15, 0.2) is 5.82 Å². The van der Waals surface area contributed by atoms with Crippen molar-refractivity contribution in [2.75, 3.05) is 31.1 Å². The lowest BCUT2D eigenvalue weighted by molar-refractivity contribution is -0.896. The van der Waals surface area contributed by atoms with Gasteiger partial charge in [0.25, 0.3) is 0 Å². The van der Waals surface area contributed by atoms with E-state index in [4.69, 9.17) is 4.74 Å². The van der Waals surface area contributed by atoms with Crippen LogP contribution >= 0.6 is 11.8 Å². The number of nitrogens with one attached hydrogen (secondary N) is 1. The van der Waals surface area contributed by atoms with Crippen LogP contribution in [0.3, 0.4) is 0 Å². The Balaban J connectivity index is 0.00000225. The monoisotopic (exact) mass is 379 g/mol. The first-order chi connectivity index (χ1) is 11.7. The molecular formula is C18H22ClN3O2S. The van der Waals surface area contributed by atoms with Crippen LogP contribution < -0.4 is 22.2 Å². The van der Waals surface area contributed by atoms with Crippen LogP contribution in [0.5, 0.6) is 0 Å². The average Bonchev–Trinajstić information content (AvgIpc) is 2.63. The van der Waals surface area contributed by atoms with Gasteiger partial charge in [0.05, 0.1) is 23.7 Å². The lowest BCUT2D eigenvalue weighted by Crippen LogP contribution is -3.11. The molecule has 1 aromatic heterocycles. The van der Waals surface area contributed by atoms with Crippen molar-refractivity contribution in [1.82, 2.24) is 4.98 Å². The number of rotatable bonds is 5. The molecule has 1 aliphatic rings. The fourth-order valence-electron chi connectivity index (χ4n) is 2.73. The minimum atomic E-state index is -0.366. The van der Waals surface area contributed by atoms with Gasteiger partial charge >= 0.3 is 6.09 Å². The third-order valence-corrected chi connectivity index (χ3v) is 5.26. The number of amides is 1. The first-order valence-corrected chi connectivity index (χ1v) is 9.08. The van der Waals surface area contributed by atoms with Crippen molar-refractivity contribution < 1.29 is 26.8 Å². The molecule has 2 heterocycles. The zero-order valence-corrected chi connectivity index (χ0v) is 15.9. The second kappa shape index (κ2) is 9.08. The fourth-order valence-corrected chi connectivity index (χ4v) is 3.76. The molecule has 1 N–H and O–H groups in total. The number of para-hydroxylation sites is 1. The molecule has 2 aromatic rings. The van der Waals surface area contributed by atoms with Crippen molar-refractivity contribution >= 4 is 29.4 Å². The zero-order valence-electron chi connectivity index (χ0n) is 14.4. The number of fused-ring (bicyclic) bond motifs is 2. The van der Waals surface area contributed by atoms with Crippen molar-refractivity contribution in [2.24, 2.45) is 0 Å². The zero-order chi connectivity index (χ0) is 16.9. The van der Waals surface area contributed by atoms with Crippen LogP contribution in [0.15, 0.2) is 52.4 Å². The van der Waals surface area contributed by atoms with Crippen LogP contribution in [0, 0.1) is 0 Å². The lowest BCUT2D eigenvalue weighted by Gasteiger charge is -2.29. The van der Waals surface area contributed by atoms with Crippen LogP contribution in [-0.4, -0.2) is 37.3 Å². The second-order valence-corrected chi connectivity index (χ2v) is 6.64. The summed E-state index contributed by atoms with van der Waals surface area (Å²) >= 11 is 1.62. The normalized spacial score (nSPS) is 12.2. The van der Waals surface area contributed by atoms with Gasteiger partial charge in [0.1, 0.15) is 13.2 Å². The Hall–Kier alpha value is -1.76. The highest BCUT2D eigenvalue weighted by atomic mass is 35.5. The summed E-state index contributed by atoms with van der Waals surface area (Å²) in [6.07, 6.45) is 1.34. The molecule has 3 rings (SSSR count). The number of nitrogens with zero attached hydrogens (tertiary/aromatic N) is 2. The molecular weight excluding hydrogens is 358 g/mol. The Bertz CT molecular complexity index is 679. The van der Waals surface area contributed by atoms with E-state index in [0.717, 1.165) is 35.1 Å². The molecule has 0 atom stereocenters.